The summed E-state index contributed by atoms with van der Waals surface area (Å²) in [6, 6.07) is 5.79. The standard InChI is InChI=1S/C11H15N3O/c1-2-10(8-15)14-7-9-4-3-5-13-11(9)6-12/h3-5,10,14-15H,2,7-8H2,1H3. The minimum absolute atomic E-state index is 0.0803. The van der Waals surface area contributed by atoms with Gasteiger partial charge in [-0.2, -0.15) is 5.26 Å². The van der Waals surface area contributed by atoms with E-state index in [1.807, 2.05) is 19.1 Å². The summed E-state index contributed by atoms with van der Waals surface area (Å²) >= 11 is 0. The highest BCUT2D eigenvalue weighted by Crippen LogP contribution is 2.04. The molecular weight excluding hydrogens is 190 g/mol. The van der Waals surface area contributed by atoms with Crippen LogP contribution in [0.3, 0.4) is 0 Å². The molecule has 0 bridgehead atoms. The lowest BCUT2D eigenvalue weighted by Gasteiger charge is -2.13. The van der Waals surface area contributed by atoms with Crippen LogP contribution >= 0.6 is 0 Å². The van der Waals surface area contributed by atoms with Crippen molar-refractivity contribution in [3.8, 4) is 6.07 Å². The van der Waals surface area contributed by atoms with Crippen LogP contribution in [0.15, 0.2) is 18.3 Å². The third-order valence-corrected chi connectivity index (χ3v) is 2.29. The lowest BCUT2D eigenvalue weighted by Crippen LogP contribution is -2.31. The summed E-state index contributed by atoms with van der Waals surface area (Å²) < 4.78 is 0. The van der Waals surface area contributed by atoms with Gasteiger partial charge in [0.1, 0.15) is 11.8 Å². The fourth-order valence-corrected chi connectivity index (χ4v) is 1.27. The molecule has 0 radical (unpaired) electrons. The molecule has 0 fully saturated rings. The van der Waals surface area contributed by atoms with Gasteiger partial charge in [0.2, 0.25) is 0 Å². The third kappa shape index (κ3) is 3.31. The van der Waals surface area contributed by atoms with E-state index in [4.69, 9.17) is 10.4 Å². The second-order valence-electron chi connectivity index (χ2n) is 3.29. The maximum absolute atomic E-state index is 8.99. The molecule has 0 amide bonds. The van der Waals surface area contributed by atoms with Crippen LogP contribution in [0.2, 0.25) is 0 Å². The lowest BCUT2D eigenvalue weighted by atomic mass is 10.1. The van der Waals surface area contributed by atoms with E-state index in [0.29, 0.717) is 12.2 Å². The van der Waals surface area contributed by atoms with Crippen molar-refractivity contribution in [3.05, 3.63) is 29.6 Å². The zero-order valence-corrected chi connectivity index (χ0v) is 8.77. The summed E-state index contributed by atoms with van der Waals surface area (Å²) in [4.78, 5) is 3.96. The first-order valence-electron chi connectivity index (χ1n) is 5.00. The molecule has 0 spiro atoms. The first kappa shape index (κ1) is 11.6. The molecule has 0 saturated heterocycles. The van der Waals surface area contributed by atoms with Crippen molar-refractivity contribution in [1.82, 2.24) is 10.3 Å². The van der Waals surface area contributed by atoms with Crippen LogP contribution in [0, 0.1) is 11.3 Å². The quantitative estimate of drug-likeness (QED) is 0.746. The number of nitriles is 1. The van der Waals surface area contributed by atoms with Crippen molar-refractivity contribution in [2.24, 2.45) is 0 Å². The summed E-state index contributed by atoms with van der Waals surface area (Å²) in [6.45, 7) is 2.68. The molecule has 0 saturated carbocycles. The lowest BCUT2D eigenvalue weighted by molar-refractivity contribution is 0.238. The largest absolute Gasteiger partial charge is 0.395 e. The maximum Gasteiger partial charge on any atom is 0.144 e. The van der Waals surface area contributed by atoms with E-state index in [1.165, 1.54) is 0 Å². The van der Waals surface area contributed by atoms with E-state index in [1.54, 1.807) is 12.3 Å². The van der Waals surface area contributed by atoms with Gasteiger partial charge in [0, 0.05) is 24.3 Å². The van der Waals surface area contributed by atoms with Gasteiger partial charge in [-0.15, -0.1) is 0 Å². The van der Waals surface area contributed by atoms with Crippen molar-refractivity contribution in [2.45, 2.75) is 25.9 Å². The normalized spacial score (nSPS) is 12.1. The Hall–Kier alpha value is -1.44. The molecule has 1 heterocycles. The molecule has 0 aromatic carbocycles. The van der Waals surface area contributed by atoms with Crippen molar-refractivity contribution in [3.63, 3.8) is 0 Å². The van der Waals surface area contributed by atoms with Gasteiger partial charge in [0.25, 0.3) is 0 Å². The van der Waals surface area contributed by atoms with Crippen molar-refractivity contribution in [1.29, 1.82) is 5.26 Å². The van der Waals surface area contributed by atoms with E-state index < -0.39 is 0 Å². The molecule has 4 heteroatoms. The number of pyridine rings is 1. The molecule has 1 aromatic heterocycles. The topological polar surface area (TPSA) is 68.9 Å². The monoisotopic (exact) mass is 205 g/mol. The Bertz CT molecular complexity index is 342. The Morgan fingerprint density at radius 2 is 2.47 bits per heavy atom. The second-order valence-corrected chi connectivity index (χ2v) is 3.29. The summed E-state index contributed by atoms with van der Waals surface area (Å²) in [5, 5.41) is 21.0. The minimum atomic E-state index is 0.0803. The fraction of sp³-hybridized carbons (Fsp3) is 0.455. The van der Waals surface area contributed by atoms with Gasteiger partial charge in [0.15, 0.2) is 0 Å². The molecule has 1 aromatic rings. The highest BCUT2D eigenvalue weighted by Gasteiger charge is 2.06. The highest BCUT2D eigenvalue weighted by molar-refractivity contribution is 5.30. The van der Waals surface area contributed by atoms with Crippen LogP contribution in [0.25, 0.3) is 0 Å². The van der Waals surface area contributed by atoms with Crippen molar-refractivity contribution >= 4 is 0 Å². The summed E-state index contributed by atoms with van der Waals surface area (Å²) in [7, 11) is 0. The number of nitrogens with one attached hydrogen (secondary N) is 1. The molecule has 0 aliphatic carbocycles. The number of hydrogen-bond acceptors (Lipinski definition) is 4. The third-order valence-electron chi connectivity index (χ3n) is 2.29. The van der Waals surface area contributed by atoms with Crippen LogP contribution in [0.1, 0.15) is 24.6 Å². The van der Waals surface area contributed by atoms with Gasteiger partial charge < -0.3 is 10.4 Å². The average Bonchev–Trinajstić information content (AvgIpc) is 2.31. The molecule has 4 nitrogen and oxygen atoms in total. The molecule has 1 unspecified atom stereocenters. The maximum atomic E-state index is 8.99. The van der Waals surface area contributed by atoms with E-state index in [0.717, 1.165) is 12.0 Å². The molecule has 0 aliphatic heterocycles. The summed E-state index contributed by atoms with van der Waals surface area (Å²) in [5.74, 6) is 0. The van der Waals surface area contributed by atoms with Crippen molar-refractivity contribution < 1.29 is 5.11 Å². The molecule has 1 atom stereocenters. The van der Waals surface area contributed by atoms with Crippen LogP contribution in [0.5, 0.6) is 0 Å². The van der Waals surface area contributed by atoms with Crippen LogP contribution in [-0.2, 0) is 6.54 Å². The number of hydrogen-bond donors (Lipinski definition) is 2. The number of aromatic nitrogens is 1. The van der Waals surface area contributed by atoms with Gasteiger partial charge in [-0.1, -0.05) is 13.0 Å². The Labute approximate surface area is 89.6 Å². The summed E-state index contributed by atoms with van der Waals surface area (Å²) in [5.41, 5.74) is 1.31. The van der Waals surface area contributed by atoms with Crippen LogP contribution in [-0.4, -0.2) is 22.7 Å². The van der Waals surface area contributed by atoms with E-state index in [9.17, 15) is 0 Å². The number of nitrogens with zero attached hydrogens (tertiary/aromatic N) is 2. The predicted octanol–water partition coefficient (Wildman–Crippen LogP) is 0.814. The minimum Gasteiger partial charge on any atom is -0.395 e. The smallest absolute Gasteiger partial charge is 0.144 e. The molecular formula is C11H15N3O. The Morgan fingerprint density at radius 1 is 1.67 bits per heavy atom. The number of aliphatic hydroxyl groups excluding tert-OH is 1. The van der Waals surface area contributed by atoms with Gasteiger partial charge in [-0.25, -0.2) is 4.98 Å². The highest BCUT2D eigenvalue weighted by atomic mass is 16.3. The SMILES string of the molecule is CCC(CO)NCc1cccnc1C#N. The molecule has 2 N–H and O–H groups in total. The Balaban J connectivity index is 2.61. The van der Waals surface area contributed by atoms with Gasteiger partial charge in [-0.3, -0.25) is 0 Å². The van der Waals surface area contributed by atoms with E-state index in [-0.39, 0.29) is 12.6 Å². The predicted molar refractivity (Wildman–Crippen MR) is 57.0 cm³/mol. The average molecular weight is 205 g/mol. The fourth-order valence-electron chi connectivity index (χ4n) is 1.27. The molecule has 15 heavy (non-hydrogen) atoms. The van der Waals surface area contributed by atoms with Gasteiger partial charge in [0.05, 0.1) is 6.61 Å². The zero-order chi connectivity index (χ0) is 11.1. The Kier molecular flexibility index (Phi) is 4.75. The molecule has 0 aliphatic rings. The van der Waals surface area contributed by atoms with E-state index in [2.05, 4.69) is 10.3 Å². The second kappa shape index (κ2) is 6.12. The van der Waals surface area contributed by atoms with Crippen LogP contribution < -0.4 is 5.32 Å². The number of aliphatic hydroxyl groups is 1. The van der Waals surface area contributed by atoms with Gasteiger partial charge in [-0.05, 0) is 12.5 Å². The first-order chi connectivity index (χ1) is 7.31. The first-order valence-corrected chi connectivity index (χ1v) is 5.00. The molecule has 80 valence electrons. The van der Waals surface area contributed by atoms with Crippen LogP contribution in [0.4, 0.5) is 0 Å². The summed E-state index contributed by atoms with van der Waals surface area (Å²) in [6.07, 6.45) is 2.46. The zero-order valence-electron chi connectivity index (χ0n) is 8.77. The number of rotatable bonds is 5. The Morgan fingerprint density at radius 3 is 3.07 bits per heavy atom. The van der Waals surface area contributed by atoms with E-state index >= 15 is 0 Å². The molecule has 1 rings (SSSR count). The van der Waals surface area contributed by atoms with Gasteiger partial charge >= 0.3 is 0 Å². The van der Waals surface area contributed by atoms with Crippen molar-refractivity contribution in [2.75, 3.05) is 6.61 Å².